The summed E-state index contributed by atoms with van der Waals surface area (Å²) in [6.45, 7) is 3.38. The average Bonchev–Trinajstić information content (AvgIpc) is 3.09. The predicted molar refractivity (Wildman–Crippen MR) is 60.0 cm³/mol. The quantitative estimate of drug-likeness (QED) is 0.526. The molecule has 0 N–H and O–H groups in total. The molecular weight excluding hydrogens is 188 g/mol. The number of aryl methyl sites for hydroxylation is 1. The number of benzene rings is 1. The maximum absolute atomic E-state index is 5.46. The molecule has 0 amide bonds. The minimum Gasteiger partial charge on any atom is -0.468 e. The van der Waals surface area contributed by atoms with Gasteiger partial charge in [-0.1, -0.05) is 19.1 Å². The van der Waals surface area contributed by atoms with Gasteiger partial charge in [0.2, 0.25) is 0 Å². The molecule has 1 aliphatic rings. The molecule has 0 heterocycles. The Kier molecular flexibility index (Phi) is 3.62. The fourth-order valence-electron chi connectivity index (χ4n) is 1.43. The molecule has 0 spiro atoms. The molecule has 0 radical (unpaired) electrons. The second kappa shape index (κ2) is 5.17. The van der Waals surface area contributed by atoms with Crippen molar-refractivity contribution in [1.29, 1.82) is 0 Å². The fraction of sp³-hybridized carbons (Fsp3) is 0.538. The normalized spacial score (nSPS) is 15.3. The van der Waals surface area contributed by atoms with Crippen LogP contribution in [0, 0.1) is 5.92 Å². The van der Waals surface area contributed by atoms with Gasteiger partial charge in [0, 0.05) is 0 Å². The summed E-state index contributed by atoms with van der Waals surface area (Å²) in [7, 11) is 0. The maximum Gasteiger partial charge on any atom is 0.189 e. The van der Waals surface area contributed by atoms with Crippen molar-refractivity contribution in [3.8, 4) is 5.75 Å². The number of hydrogen-bond acceptors (Lipinski definition) is 2. The molecule has 15 heavy (non-hydrogen) atoms. The Morgan fingerprint density at radius 1 is 1.20 bits per heavy atom. The zero-order valence-electron chi connectivity index (χ0n) is 9.24. The molecule has 0 atom stereocenters. The topological polar surface area (TPSA) is 18.5 Å². The second-order valence-corrected chi connectivity index (χ2v) is 4.07. The van der Waals surface area contributed by atoms with Gasteiger partial charge in [-0.15, -0.1) is 0 Å². The molecule has 2 heteroatoms. The lowest BCUT2D eigenvalue weighted by atomic mass is 10.2. The summed E-state index contributed by atoms with van der Waals surface area (Å²) in [5.74, 6) is 1.69. The van der Waals surface area contributed by atoms with Crippen LogP contribution in [-0.2, 0) is 11.2 Å². The van der Waals surface area contributed by atoms with E-state index in [4.69, 9.17) is 9.47 Å². The van der Waals surface area contributed by atoms with Crippen LogP contribution in [0.15, 0.2) is 24.3 Å². The van der Waals surface area contributed by atoms with Crippen LogP contribution < -0.4 is 4.74 Å². The van der Waals surface area contributed by atoms with Gasteiger partial charge in [-0.2, -0.15) is 0 Å². The molecule has 0 saturated heterocycles. The van der Waals surface area contributed by atoms with Gasteiger partial charge < -0.3 is 9.47 Å². The Balaban J connectivity index is 1.67. The highest BCUT2D eigenvalue weighted by molar-refractivity contribution is 5.26. The number of rotatable bonds is 6. The van der Waals surface area contributed by atoms with Crippen molar-refractivity contribution < 1.29 is 9.47 Å². The zero-order valence-corrected chi connectivity index (χ0v) is 9.24. The average molecular weight is 206 g/mol. The zero-order chi connectivity index (χ0) is 10.5. The van der Waals surface area contributed by atoms with Crippen molar-refractivity contribution in [3.63, 3.8) is 0 Å². The highest BCUT2D eigenvalue weighted by Gasteiger charge is 2.20. The van der Waals surface area contributed by atoms with Gasteiger partial charge >= 0.3 is 0 Å². The standard InChI is InChI=1S/C13H18O2/c1-2-11-5-7-13(8-6-11)15-10-14-9-12-3-4-12/h5-8,12H,2-4,9-10H2,1H3. The van der Waals surface area contributed by atoms with E-state index >= 15 is 0 Å². The Labute approximate surface area is 91.2 Å². The van der Waals surface area contributed by atoms with Gasteiger partial charge in [0.1, 0.15) is 5.75 Å². The molecule has 1 aromatic carbocycles. The molecule has 0 bridgehead atoms. The molecule has 1 fully saturated rings. The molecule has 1 aromatic rings. The largest absolute Gasteiger partial charge is 0.468 e. The Morgan fingerprint density at radius 3 is 2.53 bits per heavy atom. The van der Waals surface area contributed by atoms with Crippen molar-refractivity contribution in [2.24, 2.45) is 5.92 Å². The van der Waals surface area contributed by atoms with Crippen LogP contribution >= 0.6 is 0 Å². The van der Waals surface area contributed by atoms with Gasteiger partial charge in [0.05, 0.1) is 6.61 Å². The summed E-state index contributed by atoms with van der Waals surface area (Å²) in [5, 5.41) is 0. The van der Waals surface area contributed by atoms with Gasteiger partial charge in [-0.25, -0.2) is 0 Å². The highest BCUT2D eigenvalue weighted by atomic mass is 16.7. The summed E-state index contributed by atoms with van der Waals surface area (Å²) in [5.41, 5.74) is 1.33. The van der Waals surface area contributed by atoms with Crippen molar-refractivity contribution in [2.45, 2.75) is 26.2 Å². The van der Waals surface area contributed by atoms with Crippen molar-refractivity contribution in [2.75, 3.05) is 13.4 Å². The van der Waals surface area contributed by atoms with Crippen LogP contribution in [0.25, 0.3) is 0 Å². The Morgan fingerprint density at radius 2 is 1.93 bits per heavy atom. The van der Waals surface area contributed by atoms with Crippen LogP contribution in [0.5, 0.6) is 5.75 Å². The molecule has 0 unspecified atom stereocenters. The molecule has 82 valence electrons. The molecule has 0 aliphatic heterocycles. The second-order valence-electron chi connectivity index (χ2n) is 4.07. The predicted octanol–water partition coefficient (Wildman–Crippen LogP) is 3.01. The van der Waals surface area contributed by atoms with Crippen LogP contribution in [0.2, 0.25) is 0 Å². The van der Waals surface area contributed by atoms with E-state index in [1.54, 1.807) is 0 Å². The van der Waals surface area contributed by atoms with Crippen molar-refractivity contribution in [1.82, 2.24) is 0 Å². The number of ether oxygens (including phenoxy) is 2. The number of hydrogen-bond donors (Lipinski definition) is 0. The van der Waals surface area contributed by atoms with E-state index in [0.29, 0.717) is 6.79 Å². The van der Waals surface area contributed by atoms with E-state index in [1.165, 1.54) is 18.4 Å². The molecule has 1 aliphatic carbocycles. The lowest BCUT2D eigenvalue weighted by Crippen LogP contribution is -2.04. The molecule has 2 rings (SSSR count). The molecular formula is C13H18O2. The van der Waals surface area contributed by atoms with E-state index in [0.717, 1.165) is 24.7 Å². The van der Waals surface area contributed by atoms with Gasteiger partial charge in [-0.3, -0.25) is 0 Å². The maximum atomic E-state index is 5.46. The Hall–Kier alpha value is -1.02. The first-order chi connectivity index (χ1) is 7.38. The SMILES string of the molecule is CCc1ccc(OCOCC2CC2)cc1. The third-order valence-electron chi connectivity index (χ3n) is 2.69. The van der Waals surface area contributed by atoms with Crippen LogP contribution in [0.4, 0.5) is 0 Å². The summed E-state index contributed by atoms with van der Waals surface area (Å²) in [6.07, 6.45) is 3.72. The first kappa shape index (κ1) is 10.5. The molecule has 0 aromatic heterocycles. The van der Waals surface area contributed by atoms with E-state index in [-0.39, 0.29) is 0 Å². The van der Waals surface area contributed by atoms with E-state index in [2.05, 4.69) is 19.1 Å². The fourth-order valence-corrected chi connectivity index (χ4v) is 1.43. The van der Waals surface area contributed by atoms with Crippen LogP contribution in [0.1, 0.15) is 25.3 Å². The molecule has 2 nitrogen and oxygen atoms in total. The third-order valence-corrected chi connectivity index (χ3v) is 2.69. The minimum absolute atomic E-state index is 0.377. The highest BCUT2D eigenvalue weighted by Crippen LogP contribution is 2.28. The summed E-state index contributed by atoms with van der Waals surface area (Å²) in [4.78, 5) is 0. The minimum atomic E-state index is 0.377. The van der Waals surface area contributed by atoms with E-state index in [1.807, 2.05) is 12.1 Å². The van der Waals surface area contributed by atoms with E-state index in [9.17, 15) is 0 Å². The first-order valence-corrected chi connectivity index (χ1v) is 5.68. The van der Waals surface area contributed by atoms with Crippen LogP contribution in [-0.4, -0.2) is 13.4 Å². The molecule has 1 saturated carbocycles. The third kappa shape index (κ3) is 3.56. The lowest BCUT2D eigenvalue weighted by Gasteiger charge is -2.07. The summed E-state index contributed by atoms with van der Waals surface area (Å²) in [6, 6.07) is 8.19. The first-order valence-electron chi connectivity index (χ1n) is 5.68. The monoisotopic (exact) mass is 206 g/mol. The van der Waals surface area contributed by atoms with Gasteiger partial charge in [0.25, 0.3) is 0 Å². The van der Waals surface area contributed by atoms with E-state index < -0.39 is 0 Å². The van der Waals surface area contributed by atoms with Gasteiger partial charge in [-0.05, 0) is 42.9 Å². The lowest BCUT2D eigenvalue weighted by molar-refractivity contribution is 0.00997. The van der Waals surface area contributed by atoms with Crippen molar-refractivity contribution in [3.05, 3.63) is 29.8 Å². The summed E-state index contributed by atoms with van der Waals surface area (Å²) >= 11 is 0. The van der Waals surface area contributed by atoms with Crippen molar-refractivity contribution >= 4 is 0 Å². The van der Waals surface area contributed by atoms with Crippen LogP contribution in [0.3, 0.4) is 0 Å². The summed E-state index contributed by atoms with van der Waals surface area (Å²) < 4.78 is 10.9. The Bertz CT molecular complexity index is 288. The van der Waals surface area contributed by atoms with Gasteiger partial charge in [0.15, 0.2) is 6.79 Å². The smallest absolute Gasteiger partial charge is 0.189 e.